The molecule has 0 spiro atoms. The Morgan fingerprint density at radius 2 is 1.89 bits per heavy atom. The third-order valence-electron chi connectivity index (χ3n) is 4.37. The van der Waals surface area contributed by atoms with Gasteiger partial charge >= 0.3 is 0 Å². The number of halogens is 2. The lowest BCUT2D eigenvalue weighted by molar-refractivity contribution is 0.0251. The molecule has 0 aromatic rings. The molecular formula is C13H22F2O3Si. The summed E-state index contributed by atoms with van der Waals surface area (Å²) in [5.41, 5.74) is -0.0219. The SMILES string of the molecule is CC(C)(C)[Si](C)(C)O[C@@H]1CO[C@@H]2C(=C(F)F)CO[C@@H]21. The zero-order chi connectivity index (χ0) is 14.4. The van der Waals surface area contributed by atoms with Crippen LogP contribution in [0.15, 0.2) is 11.7 Å². The van der Waals surface area contributed by atoms with Gasteiger partial charge in [-0.15, -0.1) is 0 Å². The fourth-order valence-corrected chi connectivity index (χ4v) is 3.48. The molecule has 6 heteroatoms. The van der Waals surface area contributed by atoms with E-state index in [-0.39, 0.29) is 29.4 Å². The molecule has 0 radical (unpaired) electrons. The van der Waals surface area contributed by atoms with Crippen LogP contribution in [-0.4, -0.2) is 39.8 Å². The topological polar surface area (TPSA) is 27.7 Å². The van der Waals surface area contributed by atoms with E-state index in [9.17, 15) is 8.78 Å². The number of ether oxygens (including phenoxy) is 2. The van der Waals surface area contributed by atoms with Crippen molar-refractivity contribution in [1.82, 2.24) is 0 Å². The summed E-state index contributed by atoms with van der Waals surface area (Å²) in [7, 11) is -1.94. The van der Waals surface area contributed by atoms with Gasteiger partial charge in [0.05, 0.1) is 24.9 Å². The molecule has 2 aliphatic rings. The standard InChI is InChI=1S/C13H22F2O3Si/c1-13(2,3)19(4,5)18-9-7-17-10-8(12(14)15)6-16-11(9)10/h9-11H,6-7H2,1-5H3/t9-,10-,11-/m1/s1. The van der Waals surface area contributed by atoms with E-state index >= 15 is 0 Å². The van der Waals surface area contributed by atoms with Gasteiger partial charge in [-0.05, 0) is 18.1 Å². The molecule has 0 aromatic heterocycles. The highest BCUT2D eigenvalue weighted by Crippen LogP contribution is 2.41. The van der Waals surface area contributed by atoms with Crippen molar-refractivity contribution in [3.05, 3.63) is 11.7 Å². The Labute approximate surface area is 114 Å². The number of hydrogen-bond acceptors (Lipinski definition) is 3. The minimum absolute atomic E-state index is 0.0219. The molecule has 3 nitrogen and oxygen atoms in total. The first-order valence-corrected chi connectivity index (χ1v) is 9.49. The van der Waals surface area contributed by atoms with Crippen LogP contribution in [0.25, 0.3) is 0 Å². The normalized spacial score (nSPS) is 31.7. The first-order chi connectivity index (χ1) is 8.63. The zero-order valence-electron chi connectivity index (χ0n) is 12.1. The zero-order valence-corrected chi connectivity index (χ0v) is 13.1. The van der Waals surface area contributed by atoms with Gasteiger partial charge in [-0.1, -0.05) is 20.8 Å². The lowest BCUT2D eigenvalue weighted by Crippen LogP contribution is -2.47. The molecule has 0 aliphatic carbocycles. The lowest BCUT2D eigenvalue weighted by atomic mass is 10.1. The van der Waals surface area contributed by atoms with Crippen molar-refractivity contribution >= 4 is 8.32 Å². The largest absolute Gasteiger partial charge is 0.409 e. The predicted octanol–water partition coefficient (Wildman–Crippen LogP) is 3.33. The average molecular weight is 292 g/mol. The Morgan fingerprint density at radius 3 is 2.42 bits per heavy atom. The summed E-state index contributed by atoms with van der Waals surface area (Å²) in [6.07, 6.45) is -2.92. The smallest absolute Gasteiger partial charge is 0.274 e. The average Bonchev–Trinajstić information content (AvgIpc) is 2.78. The fraction of sp³-hybridized carbons (Fsp3) is 0.846. The van der Waals surface area contributed by atoms with Gasteiger partial charge in [0.1, 0.15) is 12.2 Å². The fourth-order valence-electron chi connectivity index (χ4n) is 2.16. The van der Waals surface area contributed by atoms with Gasteiger partial charge in [-0.25, -0.2) is 0 Å². The molecule has 0 bridgehead atoms. The summed E-state index contributed by atoms with van der Waals surface area (Å²) in [6, 6.07) is 0. The van der Waals surface area contributed by atoms with E-state index < -0.39 is 20.5 Å². The molecule has 19 heavy (non-hydrogen) atoms. The van der Waals surface area contributed by atoms with Crippen molar-refractivity contribution < 1.29 is 22.7 Å². The molecule has 3 atom stereocenters. The lowest BCUT2D eigenvalue weighted by Gasteiger charge is -2.39. The van der Waals surface area contributed by atoms with Gasteiger partial charge < -0.3 is 13.9 Å². The van der Waals surface area contributed by atoms with Crippen LogP contribution in [0.1, 0.15) is 20.8 Å². The third-order valence-corrected chi connectivity index (χ3v) is 8.88. The van der Waals surface area contributed by atoms with Crippen molar-refractivity contribution in [2.75, 3.05) is 13.2 Å². The minimum atomic E-state index is -1.94. The van der Waals surface area contributed by atoms with Crippen molar-refractivity contribution in [1.29, 1.82) is 0 Å². The molecule has 2 saturated heterocycles. The number of rotatable bonds is 2. The summed E-state index contributed by atoms with van der Waals surface area (Å²) in [4.78, 5) is 0. The van der Waals surface area contributed by atoms with Crippen LogP contribution in [0.2, 0.25) is 18.1 Å². The maximum absolute atomic E-state index is 12.7. The van der Waals surface area contributed by atoms with Crippen LogP contribution in [0.5, 0.6) is 0 Å². The van der Waals surface area contributed by atoms with Gasteiger partial charge in [0, 0.05) is 0 Å². The summed E-state index contributed by atoms with van der Waals surface area (Å²) >= 11 is 0. The van der Waals surface area contributed by atoms with E-state index in [0.29, 0.717) is 6.61 Å². The number of hydrogen-bond donors (Lipinski definition) is 0. The van der Waals surface area contributed by atoms with Gasteiger partial charge in [0.2, 0.25) is 0 Å². The highest BCUT2D eigenvalue weighted by Gasteiger charge is 2.50. The van der Waals surface area contributed by atoms with E-state index in [2.05, 4.69) is 33.9 Å². The van der Waals surface area contributed by atoms with Crippen LogP contribution >= 0.6 is 0 Å². The molecule has 2 rings (SSSR count). The molecule has 2 fully saturated rings. The van der Waals surface area contributed by atoms with Crippen LogP contribution in [0.4, 0.5) is 8.78 Å². The van der Waals surface area contributed by atoms with Crippen LogP contribution < -0.4 is 0 Å². The van der Waals surface area contributed by atoms with Crippen molar-refractivity contribution in [2.45, 2.75) is 57.2 Å². The van der Waals surface area contributed by atoms with Gasteiger partial charge in [-0.3, -0.25) is 0 Å². The van der Waals surface area contributed by atoms with E-state index in [0.717, 1.165) is 0 Å². The van der Waals surface area contributed by atoms with E-state index in [1.165, 1.54) is 0 Å². The van der Waals surface area contributed by atoms with E-state index in [1.54, 1.807) is 0 Å². The highest BCUT2D eigenvalue weighted by molar-refractivity contribution is 6.74. The Morgan fingerprint density at radius 1 is 1.26 bits per heavy atom. The van der Waals surface area contributed by atoms with Gasteiger partial charge in [0.15, 0.2) is 8.32 Å². The summed E-state index contributed by atoms with van der Waals surface area (Å²) in [5, 5.41) is 0.0771. The Balaban J connectivity index is 2.09. The highest BCUT2D eigenvalue weighted by atomic mass is 28.4. The first kappa shape index (κ1) is 15.1. The van der Waals surface area contributed by atoms with Gasteiger partial charge in [0.25, 0.3) is 6.08 Å². The van der Waals surface area contributed by atoms with Crippen LogP contribution in [0, 0.1) is 0 Å². The second kappa shape index (κ2) is 4.91. The van der Waals surface area contributed by atoms with E-state index in [1.807, 2.05) is 0 Å². The Hall–Kier alpha value is -0.303. The monoisotopic (exact) mass is 292 g/mol. The summed E-state index contributed by atoms with van der Waals surface area (Å²) in [6.45, 7) is 11.0. The maximum Gasteiger partial charge on any atom is 0.274 e. The summed E-state index contributed by atoms with van der Waals surface area (Å²) in [5.74, 6) is 0. The third kappa shape index (κ3) is 2.77. The van der Waals surface area contributed by atoms with Gasteiger partial charge in [-0.2, -0.15) is 8.78 Å². The molecular weight excluding hydrogens is 270 g/mol. The quantitative estimate of drug-likeness (QED) is 0.731. The second-order valence-corrected chi connectivity index (χ2v) is 11.5. The first-order valence-electron chi connectivity index (χ1n) is 6.58. The summed E-state index contributed by atoms with van der Waals surface area (Å²) < 4.78 is 42.6. The van der Waals surface area contributed by atoms with Crippen molar-refractivity contribution in [3.63, 3.8) is 0 Å². The molecule has 0 N–H and O–H groups in total. The molecule has 110 valence electrons. The minimum Gasteiger partial charge on any atom is -0.409 e. The van der Waals surface area contributed by atoms with Crippen molar-refractivity contribution in [2.24, 2.45) is 0 Å². The molecule has 0 aromatic carbocycles. The maximum atomic E-state index is 12.7. The van der Waals surface area contributed by atoms with Crippen LogP contribution in [-0.2, 0) is 13.9 Å². The molecule has 0 amide bonds. The van der Waals surface area contributed by atoms with E-state index in [4.69, 9.17) is 13.9 Å². The molecule has 2 heterocycles. The second-order valence-electron chi connectivity index (χ2n) is 6.73. The predicted molar refractivity (Wildman–Crippen MR) is 70.8 cm³/mol. The molecule has 0 unspecified atom stereocenters. The molecule has 0 saturated carbocycles. The Bertz CT molecular complexity index is 386. The number of fused-ring (bicyclic) bond motifs is 1. The van der Waals surface area contributed by atoms with Crippen LogP contribution in [0.3, 0.4) is 0 Å². The van der Waals surface area contributed by atoms with Crippen molar-refractivity contribution in [3.8, 4) is 0 Å². The molecule has 2 aliphatic heterocycles. The Kier molecular flexibility index (Phi) is 3.90.